The Kier molecular flexibility index (Phi) is 6.26. The third kappa shape index (κ3) is 4.54. The number of amides is 1. The van der Waals surface area contributed by atoms with Crippen molar-refractivity contribution in [3.63, 3.8) is 0 Å². The van der Waals surface area contributed by atoms with E-state index in [-0.39, 0.29) is 17.9 Å². The van der Waals surface area contributed by atoms with Crippen LogP contribution in [0, 0.1) is 24.7 Å². The van der Waals surface area contributed by atoms with Crippen molar-refractivity contribution in [2.45, 2.75) is 58.4 Å². The third-order valence-corrected chi connectivity index (χ3v) is 7.12. The minimum absolute atomic E-state index is 0.0379. The summed E-state index contributed by atoms with van der Waals surface area (Å²) in [6.45, 7) is 5.19. The summed E-state index contributed by atoms with van der Waals surface area (Å²) in [5.74, 6) is 0.530. The molecule has 0 atom stereocenters. The summed E-state index contributed by atoms with van der Waals surface area (Å²) in [5.41, 5.74) is 0.627. The van der Waals surface area contributed by atoms with E-state index in [2.05, 4.69) is 25.9 Å². The largest absolute Gasteiger partial charge is 0.477 e. The van der Waals surface area contributed by atoms with Gasteiger partial charge in [0.1, 0.15) is 4.88 Å². The Morgan fingerprint density at radius 2 is 1.81 bits per heavy atom. The summed E-state index contributed by atoms with van der Waals surface area (Å²) in [6, 6.07) is 2.03. The molecule has 1 aromatic rings. The Balaban J connectivity index is 1.84. The highest BCUT2D eigenvalue weighted by Gasteiger charge is 2.41. The lowest BCUT2D eigenvalue weighted by molar-refractivity contribution is -0.124. The van der Waals surface area contributed by atoms with Gasteiger partial charge < -0.3 is 14.9 Å². The van der Waals surface area contributed by atoms with Crippen molar-refractivity contribution in [1.82, 2.24) is 4.90 Å². The zero-order valence-electron chi connectivity index (χ0n) is 16.9. The van der Waals surface area contributed by atoms with Gasteiger partial charge in [-0.05, 0) is 77.4 Å². The maximum Gasteiger partial charge on any atom is 0.348 e. The predicted octanol–water partition coefficient (Wildman–Crippen LogP) is 4.25. The highest BCUT2D eigenvalue weighted by Crippen LogP contribution is 2.41. The average Bonchev–Trinajstić information content (AvgIpc) is 2.94. The number of nitrogens with zero attached hydrogens (tertiary/aromatic N) is 2. The summed E-state index contributed by atoms with van der Waals surface area (Å²) in [5, 5.41) is 9.66. The van der Waals surface area contributed by atoms with Crippen LogP contribution in [0.2, 0.25) is 0 Å². The maximum absolute atomic E-state index is 13.5. The van der Waals surface area contributed by atoms with E-state index in [1.807, 2.05) is 17.9 Å². The molecule has 2 aliphatic rings. The van der Waals surface area contributed by atoms with E-state index in [1.165, 1.54) is 11.3 Å². The van der Waals surface area contributed by atoms with E-state index in [0.717, 1.165) is 49.9 Å². The number of aryl methyl sites for hydroxylation is 1. The molecule has 1 N–H and O–H groups in total. The first-order valence-electron chi connectivity index (χ1n) is 10.1. The molecule has 0 bridgehead atoms. The molecule has 5 nitrogen and oxygen atoms in total. The lowest BCUT2D eigenvalue weighted by atomic mass is 9.77. The normalized spacial score (nSPS) is 28.0. The minimum Gasteiger partial charge on any atom is -0.477 e. The van der Waals surface area contributed by atoms with Crippen molar-refractivity contribution in [2.75, 3.05) is 25.5 Å². The van der Waals surface area contributed by atoms with E-state index in [9.17, 15) is 14.7 Å². The van der Waals surface area contributed by atoms with Crippen LogP contribution in [0.15, 0.2) is 6.07 Å². The fourth-order valence-electron chi connectivity index (χ4n) is 4.61. The molecule has 0 spiro atoms. The number of rotatable bonds is 6. The van der Waals surface area contributed by atoms with Gasteiger partial charge in [-0.1, -0.05) is 6.92 Å². The molecule has 0 aliphatic heterocycles. The first kappa shape index (κ1) is 20.3. The summed E-state index contributed by atoms with van der Waals surface area (Å²) in [4.78, 5) is 30.6. The smallest absolute Gasteiger partial charge is 0.348 e. The minimum atomic E-state index is -0.928. The van der Waals surface area contributed by atoms with Crippen LogP contribution in [0.4, 0.5) is 5.69 Å². The van der Waals surface area contributed by atoms with Gasteiger partial charge in [0.15, 0.2) is 0 Å². The Hall–Kier alpha value is -1.40. The molecule has 1 amide bonds. The molecule has 2 saturated carbocycles. The molecule has 0 saturated heterocycles. The van der Waals surface area contributed by atoms with Gasteiger partial charge in [0.05, 0.1) is 5.69 Å². The van der Waals surface area contributed by atoms with Gasteiger partial charge in [-0.3, -0.25) is 4.79 Å². The summed E-state index contributed by atoms with van der Waals surface area (Å²) in [7, 11) is 4.15. The standard InChI is InChI=1S/C21H32N2O3S/c1-13-5-7-16(8-6-13)20(24)23(17-10-15(11-17)12-22(3)4)18-9-14(2)27-19(18)21(25)26/h9,13,15-17H,5-8,10-12H2,1-4H3,(H,25,26). The molecule has 0 radical (unpaired) electrons. The number of carboxylic acid groups (broad SMARTS) is 1. The van der Waals surface area contributed by atoms with E-state index in [0.29, 0.717) is 22.4 Å². The number of carbonyl (C=O) groups excluding carboxylic acids is 1. The monoisotopic (exact) mass is 392 g/mol. The van der Waals surface area contributed by atoms with Crippen molar-refractivity contribution in [2.24, 2.45) is 17.8 Å². The van der Waals surface area contributed by atoms with Crippen LogP contribution in [0.3, 0.4) is 0 Å². The van der Waals surface area contributed by atoms with Crippen LogP contribution < -0.4 is 4.90 Å². The van der Waals surface area contributed by atoms with E-state index in [1.54, 1.807) is 0 Å². The zero-order chi connectivity index (χ0) is 19.7. The second-order valence-electron chi connectivity index (χ2n) is 8.80. The SMILES string of the molecule is Cc1cc(N(C(=O)C2CCC(C)CC2)C2CC(CN(C)C)C2)c(C(=O)O)s1. The first-order chi connectivity index (χ1) is 12.8. The van der Waals surface area contributed by atoms with Crippen molar-refractivity contribution in [3.8, 4) is 0 Å². The van der Waals surface area contributed by atoms with Crippen LogP contribution in [-0.2, 0) is 4.79 Å². The van der Waals surface area contributed by atoms with E-state index >= 15 is 0 Å². The molecular formula is C21H32N2O3S. The number of carbonyl (C=O) groups is 2. The lowest BCUT2D eigenvalue weighted by Gasteiger charge is -2.45. The third-order valence-electron chi connectivity index (χ3n) is 6.09. The Bertz CT molecular complexity index is 686. The molecule has 0 unspecified atom stereocenters. The number of hydrogen-bond donors (Lipinski definition) is 1. The van der Waals surface area contributed by atoms with Crippen LogP contribution in [0.1, 0.15) is 60.0 Å². The highest BCUT2D eigenvalue weighted by molar-refractivity contribution is 7.14. The average molecular weight is 393 g/mol. The first-order valence-corrected chi connectivity index (χ1v) is 10.9. The molecule has 27 heavy (non-hydrogen) atoms. The van der Waals surface area contributed by atoms with Crippen molar-refractivity contribution < 1.29 is 14.7 Å². The van der Waals surface area contributed by atoms with E-state index < -0.39 is 5.97 Å². The second-order valence-corrected chi connectivity index (χ2v) is 10.1. The highest BCUT2D eigenvalue weighted by atomic mass is 32.1. The molecule has 1 aromatic heterocycles. The molecular weight excluding hydrogens is 360 g/mol. The number of aromatic carboxylic acids is 1. The van der Waals surface area contributed by atoms with Gasteiger partial charge in [-0.25, -0.2) is 4.79 Å². The topological polar surface area (TPSA) is 60.9 Å². The zero-order valence-corrected chi connectivity index (χ0v) is 17.7. The van der Waals surface area contributed by atoms with Crippen LogP contribution in [0.25, 0.3) is 0 Å². The number of anilines is 1. The molecule has 3 rings (SSSR count). The Labute approximate surface area is 166 Å². The fraction of sp³-hybridized carbons (Fsp3) is 0.714. The second kappa shape index (κ2) is 8.31. The molecule has 2 fully saturated rings. The molecule has 150 valence electrons. The summed E-state index contributed by atoms with van der Waals surface area (Å²) < 4.78 is 0. The number of thiophene rings is 1. The van der Waals surface area contributed by atoms with Gasteiger partial charge >= 0.3 is 5.97 Å². The van der Waals surface area contributed by atoms with Gasteiger partial charge in [0.2, 0.25) is 5.91 Å². The maximum atomic E-state index is 13.5. The Morgan fingerprint density at radius 1 is 1.19 bits per heavy atom. The lowest BCUT2D eigenvalue weighted by Crippen LogP contribution is -2.52. The molecule has 2 aliphatic carbocycles. The predicted molar refractivity (Wildman–Crippen MR) is 110 cm³/mol. The number of hydrogen-bond acceptors (Lipinski definition) is 4. The summed E-state index contributed by atoms with van der Waals surface area (Å²) in [6.07, 6.45) is 5.95. The van der Waals surface area contributed by atoms with Gasteiger partial charge in [-0.15, -0.1) is 11.3 Å². The van der Waals surface area contributed by atoms with E-state index in [4.69, 9.17) is 0 Å². The molecule has 1 heterocycles. The van der Waals surface area contributed by atoms with Crippen molar-refractivity contribution in [3.05, 3.63) is 15.8 Å². The molecule has 0 aromatic carbocycles. The summed E-state index contributed by atoms with van der Waals surface area (Å²) >= 11 is 1.28. The quantitative estimate of drug-likeness (QED) is 0.786. The van der Waals surface area contributed by atoms with Crippen LogP contribution in [0.5, 0.6) is 0 Å². The molecule has 6 heteroatoms. The van der Waals surface area contributed by atoms with Crippen LogP contribution >= 0.6 is 11.3 Å². The van der Waals surface area contributed by atoms with Crippen LogP contribution in [-0.4, -0.2) is 48.6 Å². The van der Waals surface area contributed by atoms with Gasteiger partial charge in [0, 0.05) is 23.4 Å². The van der Waals surface area contributed by atoms with Crippen molar-refractivity contribution in [1.29, 1.82) is 0 Å². The van der Waals surface area contributed by atoms with Gasteiger partial charge in [0.25, 0.3) is 0 Å². The van der Waals surface area contributed by atoms with Crippen molar-refractivity contribution >= 4 is 28.9 Å². The van der Waals surface area contributed by atoms with Gasteiger partial charge in [-0.2, -0.15) is 0 Å². The fourth-order valence-corrected chi connectivity index (χ4v) is 5.45. The number of carboxylic acids is 1. The Morgan fingerprint density at radius 3 is 2.37 bits per heavy atom.